The summed E-state index contributed by atoms with van der Waals surface area (Å²) < 4.78 is 7.35. The molecule has 8 heteroatoms. The minimum atomic E-state index is -0.971. The topological polar surface area (TPSA) is 83.9 Å². The molecule has 0 atom stereocenters. The number of aliphatic carboxylic acids is 1. The molecule has 6 nitrogen and oxygen atoms in total. The standard InChI is InChI=1S/C24H25Br2NO5/c1-2-9-32-24-14(25)10-13(11-15(24)26)21-22-16(5-3-7-18(22)28)27(12-20(30)31)17-6-4-8-19(29)23(17)21/h10-11,21H,2-9,12H2,1H3,(H,30,31). The number of carbonyl (C=O) groups is 3. The second-order valence-electron chi connectivity index (χ2n) is 8.35. The zero-order valence-electron chi connectivity index (χ0n) is 17.9. The first-order chi connectivity index (χ1) is 15.3. The second kappa shape index (κ2) is 9.51. The van der Waals surface area contributed by atoms with Crippen LogP contribution in [0.2, 0.25) is 0 Å². The molecule has 1 aromatic rings. The maximum absolute atomic E-state index is 13.2. The molecule has 0 bridgehead atoms. The van der Waals surface area contributed by atoms with Gasteiger partial charge in [0.15, 0.2) is 11.6 Å². The Morgan fingerprint density at radius 2 is 1.56 bits per heavy atom. The first kappa shape index (κ1) is 23.2. The number of hydrogen-bond acceptors (Lipinski definition) is 5. The van der Waals surface area contributed by atoms with Crippen LogP contribution in [0, 0.1) is 0 Å². The Bertz CT molecular complexity index is 991. The lowest BCUT2D eigenvalue weighted by molar-refractivity contribution is -0.138. The minimum Gasteiger partial charge on any atom is -0.491 e. The van der Waals surface area contributed by atoms with Crippen molar-refractivity contribution in [1.29, 1.82) is 0 Å². The number of Topliss-reactive ketones (excluding diaryl/α,β-unsaturated/α-hetero) is 2. The molecule has 170 valence electrons. The van der Waals surface area contributed by atoms with E-state index in [1.54, 1.807) is 4.90 Å². The van der Waals surface area contributed by atoms with Gasteiger partial charge in [0.05, 0.1) is 15.6 Å². The van der Waals surface area contributed by atoms with Crippen molar-refractivity contribution in [3.05, 3.63) is 49.2 Å². The van der Waals surface area contributed by atoms with E-state index >= 15 is 0 Å². The van der Waals surface area contributed by atoms with Crippen LogP contribution in [-0.2, 0) is 14.4 Å². The van der Waals surface area contributed by atoms with Crippen LogP contribution < -0.4 is 4.74 Å². The molecule has 1 aliphatic heterocycles. The van der Waals surface area contributed by atoms with Crippen LogP contribution in [0.25, 0.3) is 0 Å². The number of nitrogens with zero attached hydrogens (tertiary/aromatic N) is 1. The lowest BCUT2D eigenvalue weighted by Gasteiger charge is -2.43. The van der Waals surface area contributed by atoms with Gasteiger partial charge in [0.1, 0.15) is 12.3 Å². The molecular weight excluding hydrogens is 542 g/mol. The molecule has 0 aromatic heterocycles. The number of halogens is 2. The van der Waals surface area contributed by atoms with Crippen LogP contribution in [0.5, 0.6) is 5.75 Å². The van der Waals surface area contributed by atoms with E-state index in [-0.39, 0.29) is 18.1 Å². The summed E-state index contributed by atoms with van der Waals surface area (Å²) in [4.78, 5) is 39.8. The fraction of sp³-hybridized carbons (Fsp3) is 0.458. The smallest absolute Gasteiger partial charge is 0.323 e. The average Bonchev–Trinajstić information content (AvgIpc) is 2.73. The summed E-state index contributed by atoms with van der Waals surface area (Å²) in [5.74, 6) is -0.780. The fourth-order valence-corrected chi connectivity index (χ4v) is 6.41. The summed E-state index contributed by atoms with van der Waals surface area (Å²) in [6.07, 6.45) is 4.34. The van der Waals surface area contributed by atoms with Crippen molar-refractivity contribution in [1.82, 2.24) is 4.90 Å². The van der Waals surface area contributed by atoms with Gasteiger partial charge in [-0.05, 0) is 81.7 Å². The van der Waals surface area contributed by atoms with Gasteiger partial charge in [-0.3, -0.25) is 14.4 Å². The Kier molecular flexibility index (Phi) is 6.91. The molecule has 4 rings (SSSR count). The van der Waals surface area contributed by atoms with Crippen molar-refractivity contribution in [3.8, 4) is 5.75 Å². The summed E-state index contributed by atoms with van der Waals surface area (Å²) in [6.45, 7) is 2.38. The number of ether oxygens (including phenoxy) is 1. The van der Waals surface area contributed by atoms with E-state index in [9.17, 15) is 19.5 Å². The molecule has 0 saturated carbocycles. The third kappa shape index (κ3) is 4.19. The van der Waals surface area contributed by atoms with Gasteiger partial charge in [-0.2, -0.15) is 0 Å². The predicted octanol–water partition coefficient (Wildman–Crippen LogP) is 5.50. The number of rotatable bonds is 6. The highest BCUT2D eigenvalue weighted by Crippen LogP contribution is 2.50. The molecule has 0 amide bonds. The summed E-state index contributed by atoms with van der Waals surface area (Å²) in [5.41, 5.74) is 3.51. The second-order valence-corrected chi connectivity index (χ2v) is 10.1. The van der Waals surface area contributed by atoms with E-state index < -0.39 is 11.9 Å². The highest BCUT2D eigenvalue weighted by Gasteiger charge is 2.43. The van der Waals surface area contributed by atoms with Crippen LogP contribution >= 0.6 is 31.9 Å². The highest BCUT2D eigenvalue weighted by atomic mass is 79.9. The maximum Gasteiger partial charge on any atom is 0.323 e. The third-order valence-electron chi connectivity index (χ3n) is 6.18. The number of carboxylic acids is 1. The van der Waals surface area contributed by atoms with Crippen molar-refractivity contribution in [2.24, 2.45) is 0 Å². The molecule has 32 heavy (non-hydrogen) atoms. The van der Waals surface area contributed by atoms with Gasteiger partial charge >= 0.3 is 5.97 Å². The van der Waals surface area contributed by atoms with Crippen molar-refractivity contribution < 1.29 is 24.2 Å². The zero-order chi connectivity index (χ0) is 23.0. The molecule has 2 aliphatic carbocycles. The molecule has 0 spiro atoms. The Morgan fingerprint density at radius 1 is 1.03 bits per heavy atom. The summed E-state index contributed by atoms with van der Waals surface area (Å²) >= 11 is 7.20. The predicted molar refractivity (Wildman–Crippen MR) is 126 cm³/mol. The first-order valence-corrected chi connectivity index (χ1v) is 12.6. The first-order valence-electron chi connectivity index (χ1n) is 11.0. The van der Waals surface area contributed by atoms with Gasteiger partial charge < -0.3 is 14.7 Å². The van der Waals surface area contributed by atoms with Gasteiger partial charge in [-0.15, -0.1) is 0 Å². The van der Waals surface area contributed by atoms with Gasteiger partial charge in [-0.25, -0.2) is 0 Å². The van der Waals surface area contributed by atoms with E-state index in [1.807, 2.05) is 19.1 Å². The van der Waals surface area contributed by atoms with Gasteiger partial charge in [0, 0.05) is 41.3 Å². The molecule has 0 fully saturated rings. The van der Waals surface area contributed by atoms with E-state index in [4.69, 9.17) is 4.74 Å². The van der Waals surface area contributed by atoms with Crippen LogP contribution in [0.15, 0.2) is 43.6 Å². The molecule has 1 aromatic carbocycles. The number of benzene rings is 1. The Labute approximate surface area is 203 Å². The number of hydrogen-bond donors (Lipinski definition) is 1. The zero-order valence-corrected chi connectivity index (χ0v) is 21.1. The summed E-state index contributed by atoms with van der Waals surface area (Å²) in [5, 5.41) is 9.55. The number of ketones is 2. The lowest BCUT2D eigenvalue weighted by atomic mass is 9.71. The number of carbonyl (C=O) groups excluding carboxylic acids is 2. The monoisotopic (exact) mass is 565 g/mol. The third-order valence-corrected chi connectivity index (χ3v) is 7.36. The van der Waals surface area contributed by atoms with Crippen LogP contribution in [0.3, 0.4) is 0 Å². The average molecular weight is 567 g/mol. The summed E-state index contributed by atoms with van der Waals surface area (Å²) in [6, 6.07) is 3.85. The lowest BCUT2D eigenvalue weighted by Crippen LogP contribution is -2.41. The summed E-state index contributed by atoms with van der Waals surface area (Å²) in [7, 11) is 0. The van der Waals surface area contributed by atoms with E-state index in [0.29, 0.717) is 62.0 Å². The molecule has 3 aliphatic rings. The van der Waals surface area contributed by atoms with Crippen LogP contribution in [-0.4, -0.2) is 40.7 Å². The molecular formula is C24H25Br2NO5. The van der Waals surface area contributed by atoms with Crippen LogP contribution in [0.4, 0.5) is 0 Å². The largest absolute Gasteiger partial charge is 0.491 e. The normalized spacial score (nSPS) is 19.3. The van der Waals surface area contributed by atoms with Crippen LogP contribution in [0.1, 0.15) is 63.4 Å². The van der Waals surface area contributed by atoms with Crippen molar-refractivity contribution in [2.45, 2.75) is 57.8 Å². The van der Waals surface area contributed by atoms with Gasteiger partial charge in [0.2, 0.25) is 0 Å². The highest BCUT2D eigenvalue weighted by molar-refractivity contribution is 9.11. The molecule has 0 radical (unpaired) electrons. The number of carboxylic acid groups (broad SMARTS) is 1. The fourth-order valence-electron chi connectivity index (χ4n) is 4.96. The molecule has 1 N–H and O–H groups in total. The minimum absolute atomic E-state index is 0.00452. The van der Waals surface area contributed by atoms with Gasteiger partial charge in [0.25, 0.3) is 0 Å². The molecule has 1 heterocycles. The number of allylic oxidation sites excluding steroid dienone is 4. The van der Waals surface area contributed by atoms with Gasteiger partial charge in [-0.1, -0.05) is 6.92 Å². The Hall–Kier alpha value is -1.93. The van der Waals surface area contributed by atoms with E-state index in [2.05, 4.69) is 31.9 Å². The van der Waals surface area contributed by atoms with Crippen molar-refractivity contribution in [2.75, 3.05) is 13.2 Å². The van der Waals surface area contributed by atoms with E-state index in [1.165, 1.54) is 0 Å². The maximum atomic E-state index is 13.2. The van der Waals surface area contributed by atoms with Crippen molar-refractivity contribution in [3.63, 3.8) is 0 Å². The molecule has 0 saturated heterocycles. The quantitative estimate of drug-likeness (QED) is 0.489. The Balaban J connectivity index is 1.91. The SMILES string of the molecule is CCCOc1c(Br)cc(C2C3=C(CCCC3=O)N(CC(=O)O)C3=C2C(=O)CCC3)cc1Br. The van der Waals surface area contributed by atoms with Crippen molar-refractivity contribution >= 4 is 49.4 Å². The Morgan fingerprint density at radius 3 is 2.03 bits per heavy atom. The van der Waals surface area contributed by atoms with E-state index in [0.717, 1.165) is 32.3 Å². The molecule has 0 unspecified atom stereocenters.